The van der Waals surface area contributed by atoms with E-state index in [0.29, 0.717) is 17.5 Å². The second-order valence-corrected chi connectivity index (χ2v) is 4.64. The number of anilines is 1. The number of para-hydroxylation sites is 2. The highest BCUT2D eigenvalue weighted by Crippen LogP contribution is 2.27. The fourth-order valence-electron chi connectivity index (χ4n) is 1.97. The molecule has 4 heteroatoms. The number of carbonyl (C=O) groups excluding carboxylic acids is 1. The highest BCUT2D eigenvalue weighted by atomic mass is 16.5. The van der Waals surface area contributed by atoms with Crippen molar-refractivity contribution < 1.29 is 9.53 Å². The molecule has 2 N–H and O–H groups in total. The number of rotatable bonds is 6. The van der Waals surface area contributed by atoms with Gasteiger partial charge in [-0.1, -0.05) is 19.1 Å². The van der Waals surface area contributed by atoms with Crippen molar-refractivity contribution >= 4 is 11.6 Å². The van der Waals surface area contributed by atoms with Crippen molar-refractivity contribution in [3.63, 3.8) is 0 Å². The number of carbonyl (C=O) groups is 1. The summed E-state index contributed by atoms with van der Waals surface area (Å²) in [5.74, 6) is 0.640. The Bertz CT molecular complexity index is 416. The smallest absolute Gasteiger partial charge is 0.260 e. The SMILES string of the molecule is CCCN(C(=O)COc1ccccc1N)C1CC1. The van der Waals surface area contributed by atoms with Gasteiger partial charge >= 0.3 is 0 Å². The zero-order valence-electron chi connectivity index (χ0n) is 10.8. The molecule has 2 rings (SSSR count). The van der Waals surface area contributed by atoms with E-state index in [2.05, 4.69) is 6.92 Å². The fourth-order valence-corrected chi connectivity index (χ4v) is 1.97. The molecular weight excluding hydrogens is 228 g/mol. The van der Waals surface area contributed by atoms with Crippen molar-refractivity contribution in [3.05, 3.63) is 24.3 Å². The Balaban J connectivity index is 1.89. The Morgan fingerprint density at radius 2 is 2.17 bits per heavy atom. The first-order valence-electron chi connectivity index (χ1n) is 6.49. The van der Waals surface area contributed by atoms with Crippen LogP contribution < -0.4 is 10.5 Å². The molecule has 0 radical (unpaired) electrons. The molecule has 18 heavy (non-hydrogen) atoms. The molecule has 0 atom stereocenters. The molecule has 0 heterocycles. The van der Waals surface area contributed by atoms with E-state index in [9.17, 15) is 4.79 Å². The molecule has 1 fully saturated rings. The van der Waals surface area contributed by atoms with Gasteiger partial charge in [0.2, 0.25) is 0 Å². The average molecular weight is 248 g/mol. The Labute approximate surface area is 108 Å². The minimum absolute atomic E-state index is 0.0580. The van der Waals surface area contributed by atoms with Gasteiger partial charge in [-0.25, -0.2) is 0 Å². The maximum atomic E-state index is 12.1. The first kappa shape index (κ1) is 12.7. The van der Waals surface area contributed by atoms with Crippen LogP contribution in [-0.4, -0.2) is 30.0 Å². The quantitative estimate of drug-likeness (QED) is 0.784. The number of hydrogen-bond acceptors (Lipinski definition) is 3. The summed E-state index contributed by atoms with van der Waals surface area (Å²) in [5.41, 5.74) is 6.33. The number of nitrogen functional groups attached to an aromatic ring is 1. The number of amides is 1. The summed E-state index contributed by atoms with van der Waals surface area (Å²) < 4.78 is 5.49. The van der Waals surface area contributed by atoms with E-state index in [0.717, 1.165) is 25.8 Å². The molecule has 0 unspecified atom stereocenters. The first-order valence-corrected chi connectivity index (χ1v) is 6.49. The van der Waals surface area contributed by atoms with Gasteiger partial charge in [-0.3, -0.25) is 4.79 Å². The maximum Gasteiger partial charge on any atom is 0.260 e. The molecule has 0 spiro atoms. The van der Waals surface area contributed by atoms with E-state index < -0.39 is 0 Å². The third kappa shape index (κ3) is 3.15. The molecule has 1 aromatic rings. The Morgan fingerprint density at radius 3 is 2.78 bits per heavy atom. The molecular formula is C14H20N2O2. The maximum absolute atomic E-state index is 12.1. The van der Waals surface area contributed by atoms with E-state index in [4.69, 9.17) is 10.5 Å². The lowest BCUT2D eigenvalue weighted by atomic mass is 10.3. The van der Waals surface area contributed by atoms with E-state index in [1.807, 2.05) is 17.0 Å². The summed E-state index contributed by atoms with van der Waals surface area (Å²) in [4.78, 5) is 14.0. The highest BCUT2D eigenvalue weighted by Gasteiger charge is 2.31. The number of ether oxygens (including phenoxy) is 1. The van der Waals surface area contributed by atoms with Crippen LogP contribution in [0, 0.1) is 0 Å². The van der Waals surface area contributed by atoms with E-state index >= 15 is 0 Å². The van der Waals surface area contributed by atoms with Gasteiger partial charge in [-0.2, -0.15) is 0 Å². The second kappa shape index (κ2) is 5.76. The highest BCUT2D eigenvalue weighted by molar-refractivity contribution is 5.78. The molecule has 0 bridgehead atoms. The molecule has 1 aliphatic rings. The van der Waals surface area contributed by atoms with Crippen LogP contribution >= 0.6 is 0 Å². The van der Waals surface area contributed by atoms with Gasteiger partial charge in [0.25, 0.3) is 5.91 Å². The molecule has 98 valence electrons. The summed E-state index contributed by atoms with van der Waals surface area (Å²) in [5, 5.41) is 0. The molecule has 0 aliphatic heterocycles. The van der Waals surface area contributed by atoms with Crippen molar-refractivity contribution in [1.29, 1.82) is 0 Å². The van der Waals surface area contributed by atoms with Gasteiger partial charge in [0.15, 0.2) is 6.61 Å². The van der Waals surface area contributed by atoms with Gasteiger partial charge in [-0.05, 0) is 31.4 Å². The fraction of sp³-hybridized carbons (Fsp3) is 0.500. The third-order valence-electron chi connectivity index (χ3n) is 3.04. The number of nitrogens with zero attached hydrogens (tertiary/aromatic N) is 1. The molecule has 4 nitrogen and oxygen atoms in total. The van der Waals surface area contributed by atoms with Crippen molar-refractivity contribution in [2.45, 2.75) is 32.2 Å². The minimum atomic E-state index is 0.0580. The van der Waals surface area contributed by atoms with E-state index in [1.165, 1.54) is 0 Å². The minimum Gasteiger partial charge on any atom is -0.482 e. The lowest BCUT2D eigenvalue weighted by Crippen LogP contribution is -2.37. The molecule has 1 aromatic carbocycles. The van der Waals surface area contributed by atoms with Crippen molar-refractivity contribution in [2.24, 2.45) is 0 Å². The van der Waals surface area contributed by atoms with Crippen LogP contribution in [0.5, 0.6) is 5.75 Å². The predicted octanol–water partition coefficient (Wildman–Crippen LogP) is 2.05. The summed E-state index contributed by atoms with van der Waals surface area (Å²) >= 11 is 0. The summed E-state index contributed by atoms with van der Waals surface area (Å²) in [6.45, 7) is 2.97. The molecule has 1 aliphatic carbocycles. The van der Waals surface area contributed by atoms with E-state index in [1.54, 1.807) is 12.1 Å². The number of hydrogen-bond donors (Lipinski definition) is 1. The number of nitrogens with two attached hydrogens (primary N) is 1. The third-order valence-corrected chi connectivity index (χ3v) is 3.04. The van der Waals surface area contributed by atoms with Crippen molar-refractivity contribution in [2.75, 3.05) is 18.9 Å². The lowest BCUT2D eigenvalue weighted by Gasteiger charge is -2.21. The first-order chi connectivity index (χ1) is 8.72. The van der Waals surface area contributed by atoms with Crippen LogP contribution in [0.15, 0.2) is 24.3 Å². The van der Waals surface area contributed by atoms with Crippen LogP contribution in [0.3, 0.4) is 0 Å². The zero-order chi connectivity index (χ0) is 13.0. The van der Waals surface area contributed by atoms with Crippen molar-refractivity contribution in [1.82, 2.24) is 4.90 Å². The lowest BCUT2D eigenvalue weighted by molar-refractivity contribution is -0.134. The zero-order valence-corrected chi connectivity index (χ0v) is 10.8. The van der Waals surface area contributed by atoms with Gasteiger partial charge in [0, 0.05) is 12.6 Å². The standard InChI is InChI=1S/C14H20N2O2/c1-2-9-16(11-7-8-11)14(17)10-18-13-6-4-3-5-12(13)15/h3-6,11H,2,7-10,15H2,1H3. The van der Waals surface area contributed by atoms with Crippen LogP contribution in [0.4, 0.5) is 5.69 Å². The van der Waals surface area contributed by atoms with Crippen LogP contribution in [-0.2, 0) is 4.79 Å². The normalized spacial score (nSPS) is 14.3. The van der Waals surface area contributed by atoms with Gasteiger partial charge in [0.1, 0.15) is 5.75 Å². The largest absolute Gasteiger partial charge is 0.482 e. The molecule has 0 aromatic heterocycles. The monoisotopic (exact) mass is 248 g/mol. The Kier molecular flexibility index (Phi) is 4.07. The molecule has 1 saturated carbocycles. The average Bonchev–Trinajstić information content (AvgIpc) is 3.19. The summed E-state index contributed by atoms with van der Waals surface area (Å²) in [6, 6.07) is 7.68. The summed E-state index contributed by atoms with van der Waals surface area (Å²) in [7, 11) is 0. The molecule has 1 amide bonds. The number of benzene rings is 1. The predicted molar refractivity (Wildman–Crippen MR) is 71.4 cm³/mol. The molecule has 0 saturated heterocycles. The van der Waals surface area contributed by atoms with E-state index in [-0.39, 0.29) is 12.5 Å². The Hall–Kier alpha value is -1.71. The van der Waals surface area contributed by atoms with Gasteiger partial charge in [-0.15, -0.1) is 0 Å². The Morgan fingerprint density at radius 1 is 1.44 bits per heavy atom. The van der Waals surface area contributed by atoms with Crippen LogP contribution in [0.25, 0.3) is 0 Å². The van der Waals surface area contributed by atoms with Gasteiger partial charge < -0.3 is 15.4 Å². The van der Waals surface area contributed by atoms with Crippen LogP contribution in [0.2, 0.25) is 0 Å². The summed E-state index contributed by atoms with van der Waals surface area (Å²) in [6.07, 6.45) is 3.23. The van der Waals surface area contributed by atoms with Crippen LogP contribution in [0.1, 0.15) is 26.2 Å². The topological polar surface area (TPSA) is 55.6 Å². The van der Waals surface area contributed by atoms with Gasteiger partial charge in [0.05, 0.1) is 5.69 Å². The van der Waals surface area contributed by atoms with Crippen molar-refractivity contribution in [3.8, 4) is 5.75 Å². The second-order valence-electron chi connectivity index (χ2n) is 4.64.